The minimum atomic E-state index is -0.519. The van der Waals surface area contributed by atoms with Crippen molar-refractivity contribution in [3.05, 3.63) is 28.8 Å². The molecular formula is C15H15ClN2O3. The average Bonchev–Trinajstić information content (AvgIpc) is 2.88. The predicted octanol–water partition coefficient (Wildman–Crippen LogP) is 1.29. The van der Waals surface area contributed by atoms with Crippen LogP contribution in [0, 0.1) is 11.8 Å². The number of rotatable bonds is 3. The van der Waals surface area contributed by atoms with Gasteiger partial charge in [-0.25, -0.2) is 0 Å². The van der Waals surface area contributed by atoms with Crippen molar-refractivity contribution in [2.75, 3.05) is 11.9 Å². The number of hydrogen-bond donors (Lipinski definition) is 3. The Balaban J connectivity index is 2.14. The minimum absolute atomic E-state index is 0.0175. The van der Waals surface area contributed by atoms with Gasteiger partial charge in [0.1, 0.15) is 6.04 Å². The molecule has 0 aromatic heterocycles. The van der Waals surface area contributed by atoms with Gasteiger partial charge in [0.25, 0.3) is 0 Å². The van der Waals surface area contributed by atoms with Gasteiger partial charge in [0.05, 0.1) is 12.3 Å². The topological polar surface area (TPSA) is 78.4 Å². The highest BCUT2D eigenvalue weighted by atomic mass is 35.5. The van der Waals surface area contributed by atoms with Gasteiger partial charge in [0, 0.05) is 23.4 Å². The summed E-state index contributed by atoms with van der Waals surface area (Å²) in [5.74, 6) is 5.27. The van der Waals surface area contributed by atoms with Gasteiger partial charge in [-0.1, -0.05) is 23.4 Å². The van der Waals surface area contributed by atoms with Crippen LogP contribution in [0.15, 0.2) is 18.2 Å². The van der Waals surface area contributed by atoms with E-state index in [1.54, 1.807) is 18.2 Å². The van der Waals surface area contributed by atoms with Crippen molar-refractivity contribution in [1.82, 2.24) is 5.32 Å². The van der Waals surface area contributed by atoms with Crippen LogP contribution in [0.2, 0.25) is 5.02 Å². The molecule has 110 valence electrons. The van der Waals surface area contributed by atoms with E-state index in [4.69, 9.17) is 16.7 Å². The summed E-state index contributed by atoms with van der Waals surface area (Å²) in [6, 6.07) is 4.47. The number of anilines is 1. The summed E-state index contributed by atoms with van der Waals surface area (Å²) in [6.07, 6.45) is 1.20. The third-order valence-electron chi connectivity index (χ3n) is 3.01. The second-order valence-corrected chi connectivity index (χ2v) is 5.05. The highest BCUT2D eigenvalue weighted by Crippen LogP contribution is 2.21. The molecule has 1 heterocycles. The lowest BCUT2D eigenvalue weighted by Crippen LogP contribution is -2.37. The first kappa shape index (κ1) is 15.4. The lowest BCUT2D eigenvalue weighted by atomic mass is 10.1. The van der Waals surface area contributed by atoms with E-state index < -0.39 is 6.04 Å². The van der Waals surface area contributed by atoms with Crippen LogP contribution in [0.25, 0.3) is 0 Å². The predicted molar refractivity (Wildman–Crippen MR) is 79.8 cm³/mol. The van der Waals surface area contributed by atoms with E-state index in [0.29, 0.717) is 35.5 Å². The summed E-state index contributed by atoms with van der Waals surface area (Å²) >= 11 is 5.94. The maximum atomic E-state index is 12.1. The molecule has 0 bridgehead atoms. The molecule has 0 spiro atoms. The molecule has 2 amide bonds. The molecule has 1 saturated heterocycles. The first-order valence-electron chi connectivity index (χ1n) is 6.59. The summed E-state index contributed by atoms with van der Waals surface area (Å²) in [4.78, 5) is 23.2. The molecule has 1 aromatic rings. The molecule has 21 heavy (non-hydrogen) atoms. The maximum Gasteiger partial charge on any atom is 0.246 e. The van der Waals surface area contributed by atoms with Crippen LogP contribution >= 0.6 is 11.6 Å². The number of aliphatic hydroxyl groups is 1. The van der Waals surface area contributed by atoms with Crippen LogP contribution in [0.5, 0.6) is 0 Å². The molecule has 1 atom stereocenters. The van der Waals surface area contributed by atoms with Crippen LogP contribution in [0.4, 0.5) is 5.69 Å². The van der Waals surface area contributed by atoms with Crippen molar-refractivity contribution in [1.29, 1.82) is 0 Å². The molecule has 1 unspecified atom stereocenters. The third-order valence-corrected chi connectivity index (χ3v) is 3.25. The standard InChI is InChI=1S/C15H15ClN2O3/c16-11-5-4-10(3-1-2-8-19)13(9-11)18-15(21)12-6-7-14(20)17-12/h4-5,9,12,19H,2,6-8H2,(H,17,20)(H,18,21). The zero-order chi connectivity index (χ0) is 15.2. The number of benzene rings is 1. The molecule has 6 heteroatoms. The number of aliphatic hydroxyl groups excluding tert-OH is 1. The highest BCUT2D eigenvalue weighted by Gasteiger charge is 2.27. The lowest BCUT2D eigenvalue weighted by molar-refractivity contribution is -0.122. The van der Waals surface area contributed by atoms with E-state index in [9.17, 15) is 9.59 Å². The van der Waals surface area contributed by atoms with Crippen molar-refractivity contribution >= 4 is 29.1 Å². The van der Waals surface area contributed by atoms with Crippen LogP contribution in [0.1, 0.15) is 24.8 Å². The van der Waals surface area contributed by atoms with E-state index in [1.165, 1.54) is 0 Å². The first-order valence-corrected chi connectivity index (χ1v) is 6.97. The van der Waals surface area contributed by atoms with E-state index in [0.717, 1.165) is 0 Å². The molecule has 0 saturated carbocycles. The summed E-state index contributed by atoms with van der Waals surface area (Å²) in [6.45, 7) is -0.0175. The average molecular weight is 307 g/mol. The lowest BCUT2D eigenvalue weighted by Gasteiger charge is -2.12. The number of amides is 2. The third kappa shape index (κ3) is 4.22. The second kappa shape index (κ2) is 7.11. The molecular weight excluding hydrogens is 292 g/mol. The van der Waals surface area contributed by atoms with Crippen LogP contribution < -0.4 is 10.6 Å². The SMILES string of the molecule is O=C1CCC(C(=O)Nc2cc(Cl)ccc2C#CCCO)N1. The monoisotopic (exact) mass is 306 g/mol. The Morgan fingerprint density at radius 1 is 1.52 bits per heavy atom. The summed E-state index contributed by atoms with van der Waals surface area (Å²) in [5.41, 5.74) is 1.12. The van der Waals surface area contributed by atoms with Crippen molar-refractivity contribution in [3.63, 3.8) is 0 Å². The molecule has 1 fully saturated rings. The Labute approximate surface area is 127 Å². The van der Waals surface area contributed by atoms with E-state index in [2.05, 4.69) is 22.5 Å². The number of hydrogen-bond acceptors (Lipinski definition) is 3. The number of carbonyl (C=O) groups excluding carboxylic acids is 2. The highest BCUT2D eigenvalue weighted by molar-refractivity contribution is 6.31. The van der Waals surface area contributed by atoms with Gasteiger partial charge in [-0.05, 0) is 24.6 Å². The zero-order valence-corrected chi connectivity index (χ0v) is 12.0. The summed E-state index contributed by atoms with van der Waals surface area (Å²) in [5, 5.41) is 14.6. The fourth-order valence-corrected chi connectivity index (χ4v) is 2.15. The number of halogens is 1. The molecule has 1 aliphatic heterocycles. The van der Waals surface area contributed by atoms with Gasteiger partial charge < -0.3 is 15.7 Å². The quantitative estimate of drug-likeness (QED) is 0.736. The first-order chi connectivity index (χ1) is 10.1. The van der Waals surface area contributed by atoms with E-state index in [-0.39, 0.29) is 18.4 Å². The Morgan fingerprint density at radius 2 is 2.33 bits per heavy atom. The van der Waals surface area contributed by atoms with Crippen molar-refractivity contribution in [2.24, 2.45) is 0 Å². The van der Waals surface area contributed by atoms with Crippen LogP contribution in [-0.2, 0) is 9.59 Å². The van der Waals surface area contributed by atoms with Gasteiger partial charge >= 0.3 is 0 Å². The summed E-state index contributed by atoms with van der Waals surface area (Å²) < 4.78 is 0. The van der Waals surface area contributed by atoms with Crippen molar-refractivity contribution in [2.45, 2.75) is 25.3 Å². The van der Waals surface area contributed by atoms with Gasteiger partial charge in [-0.3, -0.25) is 9.59 Å². The molecule has 2 rings (SSSR count). The molecule has 5 nitrogen and oxygen atoms in total. The Hall–Kier alpha value is -2.03. The zero-order valence-electron chi connectivity index (χ0n) is 11.3. The van der Waals surface area contributed by atoms with Gasteiger partial charge in [-0.2, -0.15) is 0 Å². The minimum Gasteiger partial charge on any atom is -0.395 e. The maximum absolute atomic E-state index is 12.1. The van der Waals surface area contributed by atoms with Crippen molar-refractivity contribution in [3.8, 4) is 11.8 Å². The molecule has 1 aromatic carbocycles. The molecule has 1 aliphatic rings. The largest absolute Gasteiger partial charge is 0.395 e. The van der Waals surface area contributed by atoms with Crippen LogP contribution in [-0.4, -0.2) is 29.6 Å². The van der Waals surface area contributed by atoms with Gasteiger partial charge in [0.15, 0.2) is 0 Å². The Kier molecular flexibility index (Phi) is 5.20. The van der Waals surface area contributed by atoms with Gasteiger partial charge in [0.2, 0.25) is 11.8 Å². The molecule has 0 aliphatic carbocycles. The van der Waals surface area contributed by atoms with Gasteiger partial charge in [-0.15, -0.1) is 0 Å². The van der Waals surface area contributed by atoms with Crippen LogP contribution in [0.3, 0.4) is 0 Å². The van der Waals surface area contributed by atoms with E-state index >= 15 is 0 Å². The second-order valence-electron chi connectivity index (χ2n) is 4.61. The normalized spacial score (nSPS) is 16.9. The number of carbonyl (C=O) groups is 2. The Bertz CT molecular complexity index is 619. The van der Waals surface area contributed by atoms with E-state index in [1.807, 2.05) is 0 Å². The number of nitrogens with one attached hydrogen (secondary N) is 2. The smallest absolute Gasteiger partial charge is 0.246 e. The van der Waals surface area contributed by atoms with Crippen molar-refractivity contribution < 1.29 is 14.7 Å². The summed E-state index contributed by atoms with van der Waals surface area (Å²) in [7, 11) is 0. The Morgan fingerprint density at radius 3 is 3.00 bits per heavy atom. The fourth-order valence-electron chi connectivity index (χ4n) is 1.97. The molecule has 3 N–H and O–H groups in total. The fraction of sp³-hybridized carbons (Fsp3) is 0.333. The molecule has 0 radical (unpaired) electrons.